The van der Waals surface area contributed by atoms with E-state index in [1.54, 1.807) is 12.1 Å². The lowest BCUT2D eigenvalue weighted by Crippen LogP contribution is -2.19. The van der Waals surface area contributed by atoms with Gasteiger partial charge in [-0.15, -0.1) is 0 Å². The number of hydrogen-bond acceptors (Lipinski definition) is 4. The van der Waals surface area contributed by atoms with Crippen LogP contribution in [-0.2, 0) is 17.6 Å². The smallest absolute Gasteiger partial charge is 0.344 e. The molecule has 0 radical (unpaired) electrons. The van der Waals surface area contributed by atoms with Crippen molar-refractivity contribution in [3.05, 3.63) is 64.8 Å². The molecular formula is C22H20N2O3. The molecule has 2 heterocycles. The molecule has 1 aliphatic rings. The van der Waals surface area contributed by atoms with E-state index in [2.05, 4.69) is 10.3 Å². The molecule has 0 spiro atoms. The third kappa shape index (κ3) is 3.16. The molecule has 0 unspecified atom stereocenters. The van der Waals surface area contributed by atoms with E-state index in [4.69, 9.17) is 4.74 Å². The molecular weight excluding hydrogens is 340 g/mol. The van der Waals surface area contributed by atoms with Gasteiger partial charge in [-0.3, -0.25) is 9.78 Å². The maximum absolute atomic E-state index is 13.0. The van der Waals surface area contributed by atoms with Crippen molar-refractivity contribution in [1.82, 2.24) is 4.98 Å². The Morgan fingerprint density at radius 1 is 1.19 bits per heavy atom. The van der Waals surface area contributed by atoms with Crippen LogP contribution in [0.25, 0.3) is 10.9 Å². The number of amides is 1. The number of rotatable bonds is 3. The number of ether oxygens (including phenoxy) is 1. The van der Waals surface area contributed by atoms with Crippen molar-refractivity contribution in [3.63, 3.8) is 0 Å². The zero-order valence-electron chi connectivity index (χ0n) is 15.3. The Kier molecular flexibility index (Phi) is 4.36. The molecule has 5 heteroatoms. The van der Waals surface area contributed by atoms with Crippen LogP contribution in [0.1, 0.15) is 40.5 Å². The topological polar surface area (TPSA) is 68.3 Å². The van der Waals surface area contributed by atoms with E-state index in [0.29, 0.717) is 24.2 Å². The Balaban J connectivity index is 1.72. The lowest BCUT2D eigenvalue weighted by atomic mass is 10.00. The van der Waals surface area contributed by atoms with Crippen LogP contribution in [0.15, 0.2) is 42.5 Å². The number of fused-ring (bicyclic) bond motifs is 2. The minimum atomic E-state index is -0.388. The molecule has 0 saturated heterocycles. The molecule has 1 aromatic heterocycles. The fourth-order valence-electron chi connectivity index (χ4n) is 3.55. The van der Waals surface area contributed by atoms with Crippen LogP contribution >= 0.6 is 0 Å². The summed E-state index contributed by atoms with van der Waals surface area (Å²) in [7, 11) is 0. The maximum Gasteiger partial charge on any atom is 0.344 e. The first kappa shape index (κ1) is 17.2. The molecule has 1 amide bonds. The minimum Gasteiger partial charge on any atom is -0.423 e. The summed E-state index contributed by atoms with van der Waals surface area (Å²) in [6.07, 6.45) is 1.83. The Morgan fingerprint density at radius 2 is 2.00 bits per heavy atom. The molecule has 136 valence electrons. The van der Waals surface area contributed by atoms with E-state index in [1.807, 2.05) is 44.2 Å². The highest BCUT2D eigenvalue weighted by atomic mass is 16.5. The van der Waals surface area contributed by atoms with Crippen LogP contribution in [0.5, 0.6) is 5.75 Å². The largest absolute Gasteiger partial charge is 0.423 e. The number of hydrogen-bond donors (Lipinski definition) is 1. The number of carbonyl (C=O) groups excluding carboxylic acids is 2. The summed E-state index contributed by atoms with van der Waals surface area (Å²) in [5.41, 5.74) is 4.86. The zero-order valence-corrected chi connectivity index (χ0v) is 15.3. The average Bonchev–Trinajstić information content (AvgIpc) is 2.67. The van der Waals surface area contributed by atoms with E-state index in [0.717, 1.165) is 39.8 Å². The van der Waals surface area contributed by atoms with Crippen molar-refractivity contribution in [2.45, 2.75) is 33.1 Å². The number of pyridine rings is 1. The van der Waals surface area contributed by atoms with Crippen LogP contribution in [0.2, 0.25) is 0 Å². The van der Waals surface area contributed by atoms with E-state index in [1.165, 1.54) is 0 Å². The predicted octanol–water partition coefficient (Wildman–Crippen LogP) is 4.21. The second-order valence-corrected chi connectivity index (χ2v) is 6.69. The zero-order chi connectivity index (χ0) is 19.0. The Bertz CT molecular complexity index is 1070. The first-order valence-electron chi connectivity index (χ1n) is 9.10. The Hall–Kier alpha value is -3.21. The van der Waals surface area contributed by atoms with Gasteiger partial charge in [0.2, 0.25) is 5.91 Å². The molecule has 1 aliphatic heterocycles. The highest BCUT2D eigenvalue weighted by molar-refractivity contribution is 6.05. The number of nitrogens with one attached hydrogen (secondary N) is 1. The first-order chi connectivity index (χ1) is 13.1. The standard InChI is InChI=1S/C22H20N2O3/c1-3-17-13(2)21(16-6-4-5-7-19(16)23-17)22(26)27-15-9-10-18-14(12-15)8-11-20(25)24-18/h4-7,9-10,12H,3,8,11H2,1-2H3,(H,24,25). The molecule has 0 fully saturated rings. The monoisotopic (exact) mass is 360 g/mol. The molecule has 1 N–H and O–H groups in total. The van der Waals surface area contributed by atoms with E-state index >= 15 is 0 Å². The average molecular weight is 360 g/mol. The number of para-hydroxylation sites is 1. The van der Waals surface area contributed by atoms with E-state index < -0.39 is 0 Å². The fourth-order valence-corrected chi connectivity index (χ4v) is 3.55. The normalized spacial score (nSPS) is 13.2. The maximum atomic E-state index is 13.0. The van der Waals surface area contributed by atoms with Gasteiger partial charge >= 0.3 is 5.97 Å². The van der Waals surface area contributed by atoms with Crippen LogP contribution in [0, 0.1) is 6.92 Å². The van der Waals surface area contributed by atoms with Crippen LogP contribution in [0.3, 0.4) is 0 Å². The Morgan fingerprint density at radius 3 is 2.81 bits per heavy atom. The molecule has 0 atom stereocenters. The van der Waals surface area contributed by atoms with Gasteiger partial charge in [-0.05, 0) is 55.2 Å². The quantitative estimate of drug-likeness (QED) is 0.561. The van der Waals surface area contributed by atoms with Crippen molar-refractivity contribution >= 4 is 28.5 Å². The number of carbonyl (C=O) groups is 2. The molecule has 0 saturated carbocycles. The van der Waals surface area contributed by atoms with Crippen molar-refractivity contribution in [2.75, 3.05) is 5.32 Å². The summed E-state index contributed by atoms with van der Waals surface area (Å²) in [6, 6.07) is 12.9. The lowest BCUT2D eigenvalue weighted by Gasteiger charge is -2.18. The fraction of sp³-hybridized carbons (Fsp3) is 0.227. The lowest BCUT2D eigenvalue weighted by molar-refractivity contribution is -0.116. The molecule has 0 bridgehead atoms. The summed E-state index contributed by atoms with van der Waals surface area (Å²) >= 11 is 0. The first-order valence-corrected chi connectivity index (χ1v) is 9.10. The number of aromatic nitrogens is 1. The van der Waals surface area contributed by atoms with Gasteiger partial charge in [0, 0.05) is 23.2 Å². The van der Waals surface area contributed by atoms with Crippen LogP contribution < -0.4 is 10.1 Å². The summed E-state index contributed by atoms with van der Waals surface area (Å²) in [4.78, 5) is 29.2. The van der Waals surface area contributed by atoms with Crippen molar-refractivity contribution in [1.29, 1.82) is 0 Å². The van der Waals surface area contributed by atoms with E-state index in [-0.39, 0.29) is 11.9 Å². The number of esters is 1. The van der Waals surface area contributed by atoms with Crippen molar-refractivity contribution in [2.24, 2.45) is 0 Å². The molecule has 0 aliphatic carbocycles. The second-order valence-electron chi connectivity index (χ2n) is 6.69. The highest BCUT2D eigenvalue weighted by Crippen LogP contribution is 2.29. The number of anilines is 1. The Labute approximate surface area is 157 Å². The van der Waals surface area contributed by atoms with E-state index in [9.17, 15) is 9.59 Å². The highest BCUT2D eigenvalue weighted by Gasteiger charge is 2.20. The van der Waals surface area contributed by atoms with Gasteiger partial charge in [-0.2, -0.15) is 0 Å². The van der Waals surface area contributed by atoms with Crippen LogP contribution in [-0.4, -0.2) is 16.9 Å². The summed E-state index contributed by atoms with van der Waals surface area (Å²) in [6.45, 7) is 3.94. The second kappa shape index (κ2) is 6.83. The molecule has 2 aromatic carbocycles. The van der Waals surface area contributed by atoms with Gasteiger partial charge in [0.05, 0.1) is 11.1 Å². The molecule has 5 nitrogen and oxygen atoms in total. The minimum absolute atomic E-state index is 0.0122. The third-order valence-corrected chi connectivity index (χ3v) is 4.96. The summed E-state index contributed by atoms with van der Waals surface area (Å²) < 4.78 is 5.70. The number of benzene rings is 2. The van der Waals surface area contributed by atoms with Gasteiger partial charge in [-0.1, -0.05) is 25.1 Å². The predicted molar refractivity (Wildman–Crippen MR) is 104 cm³/mol. The third-order valence-electron chi connectivity index (χ3n) is 4.96. The van der Waals surface area contributed by atoms with Gasteiger partial charge in [0.15, 0.2) is 0 Å². The summed E-state index contributed by atoms with van der Waals surface area (Å²) in [5, 5.41) is 3.63. The van der Waals surface area contributed by atoms with Crippen molar-refractivity contribution < 1.29 is 14.3 Å². The molecule has 27 heavy (non-hydrogen) atoms. The molecule has 4 rings (SSSR count). The van der Waals surface area contributed by atoms with Gasteiger partial charge in [0.25, 0.3) is 0 Å². The molecule has 3 aromatic rings. The SMILES string of the molecule is CCc1nc2ccccc2c(C(=O)Oc2ccc3c(c2)CCC(=O)N3)c1C. The number of nitrogens with zero attached hydrogens (tertiary/aromatic N) is 1. The number of aryl methyl sites for hydroxylation is 2. The van der Waals surface area contributed by atoms with Gasteiger partial charge in [0.1, 0.15) is 5.75 Å². The van der Waals surface area contributed by atoms with Gasteiger partial charge in [-0.25, -0.2) is 4.79 Å². The van der Waals surface area contributed by atoms with Crippen molar-refractivity contribution in [3.8, 4) is 5.75 Å². The summed E-state index contributed by atoms with van der Waals surface area (Å²) in [5.74, 6) is 0.104. The van der Waals surface area contributed by atoms with Crippen LogP contribution in [0.4, 0.5) is 5.69 Å². The van der Waals surface area contributed by atoms with Gasteiger partial charge < -0.3 is 10.1 Å².